The Labute approximate surface area is 133 Å². The number of H-pyrrole nitrogens is 1. The van der Waals surface area contributed by atoms with E-state index in [1.165, 1.54) is 31.4 Å². The Bertz CT molecular complexity index is 413. The van der Waals surface area contributed by atoms with E-state index in [2.05, 4.69) is 34.8 Å². The molecule has 0 aromatic carbocycles. The van der Waals surface area contributed by atoms with E-state index >= 15 is 0 Å². The van der Waals surface area contributed by atoms with Crippen molar-refractivity contribution in [2.24, 2.45) is 5.92 Å². The van der Waals surface area contributed by atoms with Gasteiger partial charge in [0.15, 0.2) is 0 Å². The van der Waals surface area contributed by atoms with Crippen molar-refractivity contribution in [3.63, 3.8) is 0 Å². The van der Waals surface area contributed by atoms with Gasteiger partial charge >= 0.3 is 0 Å². The topological polar surface area (TPSA) is 155 Å². The number of hydrogen-bond donors (Lipinski definition) is 1. The molecule has 0 amide bonds. The number of aromatic nitrogens is 2. The molecule has 9 N–H and O–H groups in total. The monoisotopic (exact) mass is 316 g/mol. The maximum atomic E-state index is 4.05. The van der Waals surface area contributed by atoms with Crippen LogP contribution in [0.25, 0.3) is 0 Å². The van der Waals surface area contributed by atoms with Gasteiger partial charge in [0, 0.05) is 11.9 Å². The third kappa shape index (κ3) is 11.1. The summed E-state index contributed by atoms with van der Waals surface area (Å²) in [6, 6.07) is 0. The van der Waals surface area contributed by atoms with Crippen LogP contribution in [0.1, 0.15) is 52.1 Å². The van der Waals surface area contributed by atoms with Gasteiger partial charge in [0.25, 0.3) is 0 Å². The van der Waals surface area contributed by atoms with Crippen molar-refractivity contribution >= 4 is 0 Å². The first-order valence-electron chi connectivity index (χ1n) is 6.78. The number of imidazole rings is 1. The van der Waals surface area contributed by atoms with Gasteiger partial charge in [0.1, 0.15) is 0 Å². The van der Waals surface area contributed by atoms with Gasteiger partial charge < -0.3 is 26.9 Å². The Morgan fingerprint density at radius 1 is 1.18 bits per heavy atom. The first-order chi connectivity index (χ1) is 8.80. The van der Waals surface area contributed by atoms with E-state index < -0.39 is 0 Å². The predicted octanol–water partition coefficient (Wildman–Crippen LogP) is 0.820. The fourth-order valence-electron chi connectivity index (χ4n) is 2.16. The van der Waals surface area contributed by atoms with E-state index in [9.17, 15) is 0 Å². The summed E-state index contributed by atoms with van der Waals surface area (Å²) >= 11 is 0. The van der Waals surface area contributed by atoms with Crippen LogP contribution in [0.4, 0.5) is 0 Å². The molecule has 1 unspecified atom stereocenters. The van der Waals surface area contributed by atoms with E-state index in [4.69, 9.17) is 0 Å². The van der Waals surface area contributed by atoms with Crippen LogP contribution in [-0.4, -0.2) is 31.9 Å². The molecular formula is C16H32N2O4. The highest BCUT2D eigenvalue weighted by molar-refractivity contribution is 5.07. The summed E-state index contributed by atoms with van der Waals surface area (Å²) < 4.78 is 0. The molecular weight excluding hydrogens is 284 g/mol. The predicted molar refractivity (Wildman–Crippen MR) is 91.6 cm³/mol. The maximum absolute atomic E-state index is 4.05. The summed E-state index contributed by atoms with van der Waals surface area (Å²) in [5.74, 6) is 6.19. The van der Waals surface area contributed by atoms with E-state index in [1.807, 2.05) is 20.0 Å². The van der Waals surface area contributed by atoms with E-state index in [-0.39, 0.29) is 21.9 Å². The third-order valence-electron chi connectivity index (χ3n) is 3.38. The largest absolute Gasteiger partial charge is 0.412 e. The van der Waals surface area contributed by atoms with E-state index in [1.54, 1.807) is 11.9 Å². The van der Waals surface area contributed by atoms with Gasteiger partial charge in [-0.3, -0.25) is 0 Å². The summed E-state index contributed by atoms with van der Waals surface area (Å²) in [5.41, 5.74) is 2.93. The quantitative estimate of drug-likeness (QED) is 0.636. The second-order valence-corrected chi connectivity index (χ2v) is 4.64. The molecule has 6 heteroatoms. The van der Waals surface area contributed by atoms with Crippen molar-refractivity contribution in [3.8, 4) is 11.8 Å². The Morgan fingerprint density at radius 2 is 1.82 bits per heavy atom. The average molecular weight is 316 g/mol. The zero-order chi connectivity index (χ0) is 13.2. The highest BCUT2D eigenvalue weighted by atomic mass is 16.0. The minimum atomic E-state index is 0. The zero-order valence-corrected chi connectivity index (χ0v) is 13.8. The van der Waals surface area contributed by atoms with Crippen LogP contribution < -0.4 is 0 Å². The van der Waals surface area contributed by atoms with Crippen LogP contribution in [0.3, 0.4) is 0 Å². The Morgan fingerprint density at radius 3 is 2.18 bits per heavy atom. The van der Waals surface area contributed by atoms with E-state index in [0.717, 1.165) is 12.3 Å². The molecule has 130 valence electrons. The number of nitrogens with zero attached hydrogens (tertiary/aromatic N) is 1. The van der Waals surface area contributed by atoms with Gasteiger partial charge in [-0.2, -0.15) is 0 Å². The molecule has 1 aliphatic rings. The van der Waals surface area contributed by atoms with Crippen LogP contribution in [0.5, 0.6) is 0 Å². The molecule has 1 aliphatic carbocycles. The third-order valence-corrected chi connectivity index (χ3v) is 3.38. The van der Waals surface area contributed by atoms with Crippen LogP contribution in [0.2, 0.25) is 0 Å². The summed E-state index contributed by atoms with van der Waals surface area (Å²) in [6.07, 6.45) is 12.4. The lowest BCUT2D eigenvalue weighted by atomic mass is 9.86. The smallest absolute Gasteiger partial charge is 0.0921 e. The van der Waals surface area contributed by atoms with Crippen molar-refractivity contribution in [1.82, 2.24) is 9.97 Å². The summed E-state index contributed by atoms with van der Waals surface area (Å²) in [4.78, 5) is 7.23. The van der Waals surface area contributed by atoms with E-state index in [0.29, 0.717) is 0 Å². The normalized spacial score (nSPS) is 14.7. The first kappa shape index (κ1) is 28.5. The van der Waals surface area contributed by atoms with Gasteiger partial charge in [-0.15, -0.1) is 11.8 Å². The number of rotatable bonds is 3. The standard InChI is InChI=1S/C12H18N2.C4H6.4H2O/c1-2-10-3-5-11(6-4-10)7-12-8-13-9-14-12;1-3-4-2;;;;/h3,8-9,11H,2,4-7H2,1H3,(H,13,14);1-2H3;4*1H2. The van der Waals surface area contributed by atoms with Gasteiger partial charge in [0.05, 0.1) is 6.33 Å². The van der Waals surface area contributed by atoms with Crippen LogP contribution in [0, 0.1) is 17.8 Å². The number of aromatic amines is 1. The molecule has 0 bridgehead atoms. The summed E-state index contributed by atoms with van der Waals surface area (Å²) in [6.45, 7) is 5.89. The molecule has 1 atom stereocenters. The zero-order valence-electron chi connectivity index (χ0n) is 13.8. The Balaban J connectivity index is -0.000000184. The fourth-order valence-corrected chi connectivity index (χ4v) is 2.16. The number of allylic oxidation sites excluding steroid dienone is 2. The summed E-state index contributed by atoms with van der Waals surface area (Å²) in [7, 11) is 0. The second kappa shape index (κ2) is 17.4. The lowest BCUT2D eigenvalue weighted by Crippen LogP contribution is -2.08. The van der Waals surface area contributed by atoms with Crippen molar-refractivity contribution in [2.45, 2.75) is 52.9 Å². The molecule has 1 aromatic rings. The van der Waals surface area contributed by atoms with Crippen LogP contribution in [-0.2, 0) is 6.42 Å². The second-order valence-electron chi connectivity index (χ2n) is 4.64. The maximum Gasteiger partial charge on any atom is 0.0921 e. The van der Waals surface area contributed by atoms with Gasteiger partial charge in [0.2, 0.25) is 0 Å². The van der Waals surface area contributed by atoms with Gasteiger partial charge in [-0.1, -0.05) is 18.6 Å². The Kier molecular flexibility index (Phi) is 22.5. The lowest BCUT2D eigenvalue weighted by molar-refractivity contribution is 0.459. The van der Waals surface area contributed by atoms with Crippen molar-refractivity contribution in [1.29, 1.82) is 0 Å². The minimum absolute atomic E-state index is 0. The van der Waals surface area contributed by atoms with Crippen LogP contribution in [0.15, 0.2) is 24.2 Å². The summed E-state index contributed by atoms with van der Waals surface area (Å²) in [5, 5.41) is 0. The van der Waals surface area contributed by atoms with Gasteiger partial charge in [-0.05, 0) is 51.9 Å². The Hall–Kier alpha value is -1.65. The molecule has 0 saturated heterocycles. The molecule has 1 heterocycles. The van der Waals surface area contributed by atoms with Gasteiger partial charge in [-0.25, -0.2) is 4.98 Å². The molecule has 0 saturated carbocycles. The minimum Gasteiger partial charge on any atom is -0.412 e. The highest BCUT2D eigenvalue weighted by Crippen LogP contribution is 2.27. The number of nitrogens with one attached hydrogen (secondary N) is 1. The van der Waals surface area contributed by atoms with Crippen molar-refractivity contribution < 1.29 is 21.9 Å². The highest BCUT2D eigenvalue weighted by Gasteiger charge is 2.14. The first-order valence-corrected chi connectivity index (χ1v) is 6.78. The molecule has 0 spiro atoms. The molecule has 0 aliphatic heterocycles. The molecule has 6 nitrogen and oxygen atoms in total. The molecule has 0 radical (unpaired) electrons. The van der Waals surface area contributed by atoms with Crippen molar-refractivity contribution in [2.75, 3.05) is 0 Å². The lowest BCUT2D eigenvalue weighted by Gasteiger charge is -2.20. The van der Waals surface area contributed by atoms with Crippen molar-refractivity contribution in [3.05, 3.63) is 29.9 Å². The molecule has 0 fully saturated rings. The molecule has 22 heavy (non-hydrogen) atoms. The SMILES string of the molecule is CC#CC.CCC1=CCC(Cc2cnc[nH]2)CC1.O.O.O.O. The number of hydrogen-bond acceptors (Lipinski definition) is 1. The fraction of sp³-hybridized carbons (Fsp3) is 0.562. The molecule has 2 rings (SSSR count). The molecule has 1 aromatic heterocycles. The average Bonchev–Trinajstić information content (AvgIpc) is 2.93. The van der Waals surface area contributed by atoms with Crippen LogP contribution >= 0.6 is 0 Å².